The van der Waals surface area contributed by atoms with Crippen molar-refractivity contribution in [2.45, 2.75) is 25.8 Å². The number of aryl methyl sites for hydroxylation is 1. The van der Waals surface area contributed by atoms with Gasteiger partial charge in [-0.15, -0.1) is 11.3 Å². The number of methoxy groups -OCH3 is 2. The fraction of sp³-hybridized carbons (Fsp3) is 0.667. The van der Waals surface area contributed by atoms with Crippen molar-refractivity contribution in [3.63, 3.8) is 0 Å². The van der Waals surface area contributed by atoms with Crippen LogP contribution in [0, 0.1) is 0 Å². The molecule has 0 saturated heterocycles. The largest absolute Gasteiger partial charge is 0.469 e. The van der Waals surface area contributed by atoms with Crippen molar-refractivity contribution in [2.24, 2.45) is 0 Å². The van der Waals surface area contributed by atoms with Gasteiger partial charge in [-0.05, 0) is 6.92 Å². The third-order valence-corrected chi connectivity index (χ3v) is 3.70. The maximum atomic E-state index is 11.0. The van der Waals surface area contributed by atoms with Gasteiger partial charge in [-0.1, -0.05) is 0 Å². The van der Waals surface area contributed by atoms with E-state index in [1.54, 1.807) is 18.4 Å². The maximum Gasteiger partial charge on any atom is 0.305 e. The second-order valence-corrected chi connectivity index (χ2v) is 4.95. The Morgan fingerprint density at radius 1 is 1.56 bits per heavy atom. The Hall–Kier alpha value is -1.14. The molecule has 0 N–H and O–H groups in total. The average molecular weight is 272 g/mol. The summed E-state index contributed by atoms with van der Waals surface area (Å²) >= 11 is 1.58. The highest BCUT2D eigenvalue weighted by Crippen LogP contribution is 2.22. The van der Waals surface area contributed by atoms with Crippen LogP contribution >= 0.6 is 11.3 Å². The molecule has 0 aliphatic carbocycles. The lowest BCUT2D eigenvalue weighted by Gasteiger charge is -2.23. The Balaban J connectivity index is 2.54. The van der Waals surface area contributed by atoms with E-state index in [1.807, 2.05) is 12.4 Å². The van der Waals surface area contributed by atoms with E-state index in [0.717, 1.165) is 10.8 Å². The molecule has 1 rings (SSSR count). The third kappa shape index (κ3) is 4.27. The Kier molecular flexibility index (Phi) is 6.07. The van der Waals surface area contributed by atoms with E-state index in [4.69, 9.17) is 4.74 Å². The molecule has 0 aliphatic rings. The van der Waals surface area contributed by atoms with Crippen LogP contribution < -0.4 is 4.90 Å². The first kappa shape index (κ1) is 14.9. The SMILES string of the molecule is COCC(C)N(C)c1nc(CCC(=O)OC)cs1. The lowest BCUT2D eigenvalue weighted by Crippen LogP contribution is -2.32. The van der Waals surface area contributed by atoms with Crippen molar-refractivity contribution in [1.29, 1.82) is 0 Å². The number of ether oxygens (including phenoxy) is 2. The van der Waals surface area contributed by atoms with Gasteiger partial charge in [-0.25, -0.2) is 4.98 Å². The molecule has 0 bridgehead atoms. The Morgan fingerprint density at radius 3 is 2.89 bits per heavy atom. The second-order valence-electron chi connectivity index (χ2n) is 4.11. The second kappa shape index (κ2) is 7.33. The molecular formula is C12H20N2O3S. The molecule has 1 unspecified atom stereocenters. The first-order chi connectivity index (χ1) is 8.58. The zero-order chi connectivity index (χ0) is 13.5. The molecular weight excluding hydrogens is 252 g/mol. The lowest BCUT2D eigenvalue weighted by atomic mass is 10.2. The van der Waals surface area contributed by atoms with Crippen LogP contribution in [0.2, 0.25) is 0 Å². The number of nitrogens with zero attached hydrogens (tertiary/aromatic N) is 2. The van der Waals surface area contributed by atoms with E-state index in [-0.39, 0.29) is 12.0 Å². The first-order valence-corrected chi connectivity index (χ1v) is 6.69. The fourth-order valence-corrected chi connectivity index (χ4v) is 2.38. The number of hydrogen-bond acceptors (Lipinski definition) is 6. The molecule has 1 atom stereocenters. The smallest absolute Gasteiger partial charge is 0.305 e. The Morgan fingerprint density at radius 2 is 2.28 bits per heavy atom. The van der Waals surface area contributed by atoms with Gasteiger partial charge in [-0.3, -0.25) is 4.79 Å². The van der Waals surface area contributed by atoms with E-state index in [0.29, 0.717) is 19.4 Å². The number of aromatic nitrogens is 1. The van der Waals surface area contributed by atoms with Gasteiger partial charge in [-0.2, -0.15) is 0 Å². The Labute approximate surface area is 112 Å². The number of rotatable bonds is 7. The normalized spacial score (nSPS) is 12.2. The third-order valence-electron chi connectivity index (χ3n) is 2.72. The highest BCUT2D eigenvalue weighted by Gasteiger charge is 2.13. The minimum Gasteiger partial charge on any atom is -0.469 e. The quantitative estimate of drug-likeness (QED) is 0.707. The molecule has 0 fully saturated rings. The molecule has 18 heavy (non-hydrogen) atoms. The summed E-state index contributed by atoms with van der Waals surface area (Å²) in [5.74, 6) is -0.203. The van der Waals surface area contributed by atoms with Crippen molar-refractivity contribution >= 4 is 22.4 Å². The number of thiazole rings is 1. The van der Waals surface area contributed by atoms with E-state index < -0.39 is 0 Å². The van der Waals surface area contributed by atoms with E-state index in [9.17, 15) is 4.79 Å². The minimum atomic E-state index is -0.203. The van der Waals surface area contributed by atoms with Gasteiger partial charge in [0.1, 0.15) is 0 Å². The molecule has 102 valence electrons. The molecule has 1 aromatic rings. The van der Waals surface area contributed by atoms with Gasteiger partial charge >= 0.3 is 5.97 Å². The lowest BCUT2D eigenvalue weighted by molar-refractivity contribution is -0.140. The highest BCUT2D eigenvalue weighted by molar-refractivity contribution is 7.13. The van der Waals surface area contributed by atoms with Crippen LogP contribution in [0.3, 0.4) is 0 Å². The van der Waals surface area contributed by atoms with Crippen molar-refractivity contribution in [3.05, 3.63) is 11.1 Å². The van der Waals surface area contributed by atoms with Crippen LogP contribution in [-0.4, -0.2) is 44.9 Å². The number of esters is 1. The fourth-order valence-electron chi connectivity index (χ4n) is 1.45. The van der Waals surface area contributed by atoms with E-state index in [1.165, 1.54) is 7.11 Å². The van der Waals surface area contributed by atoms with Gasteiger partial charge in [0.2, 0.25) is 0 Å². The van der Waals surface area contributed by atoms with Gasteiger partial charge < -0.3 is 14.4 Å². The molecule has 5 nitrogen and oxygen atoms in total. The van der Waals surface area contributed by atoms with Crippen molar-refractivity contribution in [2.75, 3.05) is 32.8 Å². The maximum absolute atomic E-state index is 11.0. The van der Waals surface area contributed by atoms with Crippen LogP contribution in [-0.2, 0) is 20.7 Å². The molecule has 0 aliphatic heterocycles. The monoisotopic (exact) mass is 272 g/mol. The summed E-state index contributed by atoms with van der Waals surface area (Å²) in [5, 5.41) is 2.92. The van der Waals surface area contributed by atoms with Crippen LogP contribution in [0.1, 0.15) is 19.0 Å². The van der Waals surface area contributed by atoms with Gasteiger partial charge in [0.05, 0.1) is 31.9 Å². The number of anilines is 1. The average Bonchev–Trinajstić information content (AvgIpc) is 2.84. The van der Waals surface area contributed by atoms with Crippen molar-refractivity contribution in [3.8, 4) is 0 Å². The van der Waals surface area contributed by atoms with Crippen LogP contribution in [0.5, 0.6) is 0 Å². The zero-order valence-electron chi connectivity index (χ0n) is 11.3. The summed E-state index contributed by atoms with van der Waals surface area (Å²) in [7, 11) is 5.08. The molecule has 1 aromatic heterocycles. The summed E-state index contributed by atoms with van der Waals surface area (Å²) in [6.45, 7) is 2.74. The molecule has 0 amide bonds. The van der Waals surface area contributed by atoms with Crippen molar-refractivity contribution in [1.82, 2.24) is 4.98 Å². The summed E-state index contributed by atoms with van der Waals surface area (Å²) in [6, 6.07) is 0.273. The Bertz CT molecular complexity index is 381. The molecule has 0 aromatic carbocycles. The topological polar surface area (TPSA) is 51.7 Å². The number of hydrogen-bond donors (Lipinski definition) is 0. The van der Waals surface area contributed by atoms with Crippen LogP contribution in [0.25, 0.3) is 0 Å². The predicted octanol–water partition coefficient (Wildman–Crippen LogP) is 1.72. The first-order valence-electron chi connectivity index (χ1n) is 5.81. The number of carbonyl (C=O) groups is 1. The highest BCUT2D eigenvalue weighted by atomic mass is 32.1. The van der Waals surface area contributed by atoms with Crippen LogP contribution in [0.15, 0.2) is 5.38 Å². The van der Waals surface area contributed by atoms with E-state index in [2.05, 4.69) is 21.5 Å². The molecule has 1 heterocycles. The zero-order valence-corrected chi connectivity index (χ0v) is 12.1. The molecule has 0 spiro atoms. The number of likely N-dealkylation sites (N-methyl/N-ethyl adjacent to an activating group) is 1. The molecule has 0 saturated carbocycles. The molecule has 0 radical (unpaired) electrons. The van der Waals surface area contributed by atoms with Crippen molar-refractivity contribution < 1.29 is 14.3 Å². The summed E-state index contributed by atoms with van der Waals surface area (Å²) in [5.41, 5.74) is 0.928. The van der Waals surface area contributed by atoms with Crippen LogP contribution in [0.4, 0.5) is 5.13 Å². The molecule has 6 heteroatoms. The number of carbonyl (C=O) groups excluding carboxylic acids is 1. The predicted molar refractivity (Wildman–Crippen MR) is 72.2 cm³/mol. The minimum absolute atomic E-state index is 0.203. The summed E-state index contributed by atoms with van der Waals surface area (Å²) in [4.78, 5) is 17.6. The summed E-state index contributed by atoms with van der Waals surface area (Å²) in [6.07, 6.45) is 0.993. The standard InChI is InChI=1S/C12H20N2O3S/c1-9(7-16-3)14(2)12-13-10(8-18-12)5-6-11(15)17-4/h8-9H,5-7H2,1-4H3. The van der Waals surface area contributed by atoms with Gasteiger partial charge in [0.25, 0.3) is 0 Å². The van der Waals surface area contributed by atoms with Gasteiger partial charge in [0, 0.05) is 26.0 Å². The van der Waals surface area contributed by atoms with Gasteiger partial charge in [0.15, 0.2) is 5.13 Å². The summed E-state index contributed by atoms with van der Waals surface area (Å²) < 4.78 is 9.73. The van der Waals surface area contributed by atoms with E-state index >= 15 is 0 Å².